The second-order valence-corrected chi connectivity index (χ2v) is 9.21. The fourth-order valence-corrected chi connectivity index (χ4v) is 4.67. The van der Waals surface area contributed by atoms with Crippen molar-refractivity contribution in [2.75, 3.05) is 13.1 Å². The van der Waals surface area contributed by atoms with Crippen molar-refractivity contribution < 1.29 is 0 Å². The third kappa shape index (κ3) is 5.93. The summed E-state index contributed by atoms with van der Waals surface area (Å²) >= 11 is 0. The second-order valence-electron chi connectivity index (χ2n) is 9.21. The van der Waals surface area contributed by atoms with Gasteiger partial charge in [0.25, 0.3) is 0 Å². The molecule has 2 aliphatic rings. The van der Waals surface area contributed by atoms with Crippen molar-refractivity contribution in [1.29, 1.82) is 0 Å². The van der Waals surface area contributed by atoms with E-state index in [1.165, 1.54) is 70.9 Å². The topological polar surface area (TPSA) is 12.0 Å². The highest BCUT2D eigenvalue weighted by Gasteiger charge is 2.29. The third-order valence-corrected chi connectivity index (χ3v) is 6.28. The number of rotatable bonds is 5. The van der Waals surface area contributed by atoms with Crippen LogP contribution in [0.15, 0.2) is 0 Å². The van der Waals surface area contributed by atoms with Crippen molar-refractivity contribution in [2.45, 2.75) is 85.5 Å². The lowest BCUT2D eigenvalue weighted by Crippen LogP contribution is -2.31. The Morgan fingerprint density at radius 3 is 2.24 bits per heavy atom. The van der Waals surface area contributed by atoms with Gasteiger partial charge in [-0.25, -0.2) is 0 Å². The minimum atomic E-state index is 0.524. The maximum atomic E-state index is 3.77. The molecule has 2 aliphatic carbocycles. The molecule has 0 spiro atoms. The Labute approximate surface area is 133 Å². The molecule has 0 saturated heterocycles. The van der Waals surface area contributed by atoms with Crippen LogP contribution >= 0.6 is 0 Å². The summed E-state index contributed by atoms with van der Waals surface area (Å²) in [5.74, 6) is 3.90. The van der Waals surface area contributed by atoms with Crippen LogP contribution in [-0.2, 0) is 0 Å². The van der Waals surface area contributed by atoms with Crippen molar-refractivity contribution in [1.82, 2.24) is 5.32 Å². The molecule has 2 saturated carbocycles. The van der Waals surface area contributed by atoms with Crippen LogP contribution in [0.1, 0.15) is 85.5 Å². The zero-order chi connectivity index (χ0) is 15.3. The van der Waals surface area contributed by atoms with Crippen LogP contribution in [0.2, 0.25) is 0 Å². The van der Waals surface area contributed by atoms with Gasteiger partial charge in [0, 0.05) is 0 Å². The van der Waals surface area contributed by atoms with Crippen LogP contribution in [-0.4, -0.2) is 13.1 Å². The molecule has 21 heavy (non-hydrogen) atoms. The van der Waals surface area contributed by atoms with Crippen molar-refractivity contribution in [2.24, 2.45) is 29.1 Å². The molecule has 0 aromatic heterocycles. The first-order valence-electron chi connectivity index (χ1n) is 9.66. The molecule has 2 unspecified atom stereocenters. The molecule has 0 heterocycles. The predicted octanol–water partition coefficient (Wildman–Crippen LogP) is 5.64. The first kappa shape index (κ1) is 17.3. The van der Waals surface area contributed by atoms with E-state index >= 15 is 0 Å². The Bertz CT molecular complexity index is 283. The molecule has 0 aromatic carbocycles. The van der Waals surface area contributed by atoms with Gasteiger partial charge in [0.2, 0.25) is 0 Å². The van der Waals surface area contributed by atoms with Gasteiger partial charge >= 0.3 is 0 Å². The molecule has 124 valence electrons. The molecule has 2 rings (SSSR count). The Morgan fingerprint density at radius 2 is 1.62 bits per heavy atom. The minimum absolute atomic E-state index is 0.524. The molecular formula is C20H39N. The second kappa shape index (κ2) is 7.99. The summed E-state index contributed by atoms with van der Waals surface area (Å²) in [7, 11) is 0. The number of hydrogen-bond acceptors (Lipinski definition) is 1. The van der Waals surface area contributed by atoms with E-state index in [1.54, 1.807) is 0 Å². The van der Waals surface area contributed by atoms with Crippen LogP contribution in [0.25, 0.3) is 0 Å². The van der Waals surface area contributed by atoms with Crippen molar-refractivity contribution in [3.8, 4) is 0 Å². The van der Waals surface area contributed by atoms with Crippen LogP contribution in [0, 0.1) is 29.1 Å². The Kier molecular flexibility index (Phi) is 6.59. The van der Waals surface area contributed by atoms with Gasteiger partial charge in [-0.05, 0) is 80.7 Å². The summed E-state index contributed by atoms with van der Waals surface area (Å²) in [6, 6.07) is 0. The van der Waals surface area contributed by atoms with Crippen LogP contribution < -0.4 is 5.32 Å². The molecule has 0 bridgehead atoms. The van der Waals surface area contributed by atoms with Crippen LogP contribution in [0.4, 0.5) is 0 Å². The molecule has 2 fully saturated rings. The Morgan fingerprint density at radius 1 is 0.905 bits per heavy atom. The lowest BCUT2D eigenvalue weighted by Gasteiger charge is -2.37. The van der Waals surface area contributed by atoms with E-state index in [1.807, 2.05) is 0 Å². The van der Waals surface area contributed by atoms with E-state index in [-0.39, 0.29) is 0 Å². The lowest BCUT2D eigenvalue weighted by molar-refractivity contribution is 0.148. The standard InChI is InChI=1S/C20H39N/c1-16-6-5-7-17(14-16)12-13-21-15-18-8-10-19(11-9-18)20(2,3)4/h16-19,21H,5-15H2,1-4H3. The smallest absolute Gasteiger partial charge is 0.00205 e. The highest BCUT2D eigenvalue weighted by atomic mass is 14.9. The summed E-state index contributed by atoms with van der Waals surface area (Å²) in [5, 5.41) is 3.77. The Balaban J connectivity index is 1.54. The number of nitrogens with one attached hydrogen (secondary N) is 1. The first-order chi connectivity index (χ1) is 9.95. The van der Waals surface area contributed by atoms with Gasteiger partial charge in [0.15, 0.2) is 0 Å². The zero-order valence-electron chi connectivity index (χ0n) is 15.1. The fraction of sp³-hybridized carbons (Fsp3) is 1.00. The first-order valence-corrected chi connectivity index (χ1v) is 9.66. The molecule has 0 amide bonds. The molecule has 0 radical (unpaired) electrons. The minimum Gasteiger partial charge on any atom is -0.316 e. The summed E-state index contributed by atoms with van der Waals surface area (Å²) in [4.78, 5) is 0. The van der Waals surface area contributed by atoms with E-state index in [2.05, 4.69) is 33.0 Å². The summed E-state index contributed by atoms with van der Waals surface area (Å²) < 4.78 is 0. The molecule has 0 aliphatic heterocycles. The van der Waals surface area contributed by atoms with Crippen molar-refractivity contribution in [3.63, 3.8) is 0 Å². The number of hydrogen-bond donors (Lipinski definition) is 1. The molecule has 2 atom stereocenters. The normalized spacial score (nSPS) is 34.9. The third-order valence-electron chi connectivity index (χ3n) is 6.28. The van der Waals surface area contributed by atoms with E-state index in [4.69, 9.17) is 0 Å². The van der Waals surface area contributed by atoms with E-state index < -0.39 is 0 Å². The fourth-order valence-electron chi connectivity index (χ4n) is 4.67. The maximum Gasteiger partial charge on any atom is -0.00205 e. The zero-order valence-corrected chi connectivity index (χ0v) is 15.1. The van der Waals surface area contributed by atoms with Gasteiger partial charge < -0.3 is 5.32 Å². The Hall–Kier alpha value is -0.0400. The summed E-state index contributed by atoms with van der Waals surface area (Å²) in [6.45, 7) is 12.2. The van der Waals surface area contributed by atoms with Gasteiger partial charge in [0.1, 0.15) is 0 Å². The predicted molar refractivity (Wildman–Crippen MR) is 93.5 cm³/mol. The van der Waals surface area contributed by atoms with Crippen molar-refractivity contribution in [3.05, 3.63) is 0 Å². The molecular weight excluding hydrogens is 254 g/mol. The average molecular weight is 294 g/mol. The van der Waals surface area contributed by atoms with Crippen molar-refractivity contribution >= 4 is 0 Å². The quantitative estimate of drug-likeness (QED) is 0.646. The molecule has 1 nitrogen and oxygen atoms in total. The van der Waals surface area contributed by atoms with Gasteiger partial charge in [0.05, 0.1) is 0 Å². The van der Waals surface area contributed by atoms with Crippen LogP contribution in [0.5, 0.6) is 0 Å². The van der Waals surface area contributed by atoms with Gasteiger partial charge in [-0.15, -0.1) is 0 Å². The summed E-state index contributed by atoms with van der Waals surface area (Å²) in [5.41, 5.74) is 0.524. The molecule has 1 heteroatoms. The molecule has 0 aromatic rings. The van der Waals surface area contributed by atoms with Gasteiger partial charge in [-0.1, -0.05) is 47.0 Å². The maximum absolute atomic E-state index is 3.77. The summed E-state index contributed by atoms with van der Waals surface area (Å²) in [6.07, 6.45) is 13.2. The molecule has 1 N–H and O–H groups in total. The highest BCUT2D eigenvalue weighted by molar-refractivity contribution is 4.81. The monoisotopic (exact) mass is 293 g/mol. The highest BCUT2D eigenvalue weighted by Crippen LogP contribution is 2.39. The van der Waals surface area contributed by atoms with E-state index in [9.17, 15) is 0 Å². The lowest BCUT2D eigenvalue weighted by atomic mass is 9.70. The average Bonchev–Trinajstić information content (AvgIpc) is 2.43. The van der Waals surface area contributed by atoms with Crippen LogP contribution in [0.3, 0.4) is 0 Å². The van der Waals surface area contributed by atoms with Gasteiger partial charge in [-0.2, -0.15) is 0 Å². The van der Waals surface area contributed by atoms with E-state index in [0.717, 1.165) is 23.7 Å². The van der Waals surface area contributed by atoms with E-state index in [0.29, 0.717) is 5.41 Å². The largest absolute Gasteiger partial charge is 0.316 e. The SMILES string of the molecule is CC1CCCC(CCNCC2CCC(C(C)(C)C)CC2)C1. The van der Waals surface area contributed by atoms with Gasteiger partial charge in [-0.3, -0.25) is 0 Å².